The molecule has 0 spiro atoms. The molecule has 0 radical (unpaired) electrons. The van der Waals surface area contributed by atoms with E-state index in [1.807, 2.05) is 24.3 Å². The van der Waals surface area contributed by atoms with Crippen LogP contribution in [0.4, 0.5) is 0 Å². The number of esters is 1. The first-order valence-electron chi connectivity index (χ1n) is 5.17. The number of hydrogen-bond donors (Lipinski definition) is 0. The van der Waals surface area contributed by atoms with Crippen LogP contribution in [-0.2, 0) is 19.7 Å². The fraction of sp³-hybridized carbons (Fsp3) is 0.333. The highest BCUT2D eigenvalue weighted by Gasteiger charge is 2.18. The van der Waals surface area contributed by atoms with E-state index in [2.05, 4.69) is 21.1 Å². The van der Waals surface area contributed by atoms with Crippen molar-refractivity contribution >= 4 is 27.6 Å². The largest absolute Gasteiger partial charge is 0.461 e. The Kier molecular flexibility index (Phi) is 5.69. The maximum absolute atomic E-state index is 11.8. The molecular formula is C12H14BrNO3. The average Bonchev–Trinajstić information content (AvgIpc) is 2.36. The van der Waals surface area contributed by atoms with Gasteiger partial charge in [-0.15, -0.1) is 0 Å². The van der Waals surface area contributed by atoms with Crippen molar-refractivity contribution < 1.29 is 14.4 Å². The molecule has 1 aromatic rings. The number of hydrogen-bond acceptors (Lipinski definition) is 4. The normalized spacial score (nSPS) is 11.1. The van der Waals surface area contributed by atoms with Gasteiger partial charge in [0.25, 0.3) is 0 Å². The van der Waals surface area contributed by atoms with Gasteiger partial charge >= 0.3 is 5.97 Å². The summed E-state index contributed by atoms with van der Waals surface area (Å²) in [6.07, 6.45) is 0. The Morgan fingerprint density at radius 2 is 2.12 bits per heavy atom. The minimum Gasteiger partial charge on any atom is -0.461 e. The molecule has 1 rings (SSSR count). The Balaban J connectivity index is 3.14. The van der Waals surface area contributed by atoms with Gasteiger partial charge in [0, 0.05) is 10.9 Å². The lowest BCUT2D eigenvalue weighted by Gasteiger charge is -2.08. The number of oxime groups is 1. The standard InChI is InChI=1S/C12H14BrNO3/c1-3-17-12(15)11(14-16-2)10-7-5-4-6-9(10)8-13/h4-7H,3,8H2,1-2H3/b14-11-. The highest BCUT2D eigenvalue weighted by atomic mass is 79.9. The van der Waals surface area contributed by atoms with E-state index in [0.717, 1.165) is 5.56 Å². The Morgan fingerprint density at radius 3 is 2.71 bits per heavy atom. The van der Waals surface area contributed by atoms with Crippen molar-refractivity contribution in [2.45, 2.75) is 12.3 Å². The summed E-state index contributed by atoms with van der Waals surface area (Å²) in [5, 5.41) is 4.37. The van der Waals surface area contributed by atoms with Gasteiger partial charge in [-0.05, 0) is 12.5 Å². The van der Waals surface area contributed by atoms with E-state index in [-0.39, 0.29) is 5.71 Å². The van der Waals surface area contributed by atoms with Crippen LogP contribution in [0, 0.1) is 0 Å². The third-order valence-corrected chi connectivity index (χ3v) is 2.67. The minimum atomic E-state index is -0.484. The predicted octanol–water partition coefficient (Wildman–Crippen LogP) is 2.50. The van der Waals surface area contributed by atoms with Crippen molar-refractivity contribution in [3.05, 3.63) is 35.4 Å². The summed E-state index contributed by atoms with van der Waals surface area (Å²) >= 11 is 3.37. The number of benzene rings is 1. The molecule has 0 aliphatic carbocycles. The summed E-state index contributed by atoms with van der Waals surface area (Å²) in [6, 6.07) is 7.46. The summed E-state index contributed by atoms with van der Waals surface area (Å²) in [7, 11) is 1.40. The Hall–Kier alpha value is -1.36. The topological polar surface area (TPSA) is 47.9 Å². The van der Waals surface area contributed by atoms with Crippen LogP contribution >= 0.6 is 15.9 Å². The van der Waals surface area contributed by atoms with E-state index < -0.39 is 5.97 Å². The molecule has 0 N–H and O–H groups in total. The van der Waals surface area contributed by atoms with Gasteiger partial charge in [0.2, 0.25) is 0 Å². The van der Waals surface area contributed by atoms with Crippen molar-refractivity contribution in [2.24, 2.45) is 5.16 Å². The number of alkyl halides is 1. The number of halogens is 1. The van der Waals surface area contributed by atoms with Crippen LogP contribution in [0.1, 0.15) is 18.1 Å². The molecule has 0 aliphatic heterocycles. The van der Waals surface area contributed by atoms with Crippen LogP contribution in [0.5, 0.6) is 0 Å². The van der Waals surface area contributed by atoms with Gasteiger partial charge in [-0.2, -0.15) is 0 Å². The molecule has 0 saturated carbocycles. The smallest absolute Gasteiger partial charge is 0.361 e. The zero-order chi connectivity index (χ0) is 12.7. The monoisotopic (exact) mass is 299 g/mol. The van der Waals surface area contributed by atoms with Crippen molar-refractivity contribution in [1.29, 1.82) is 0 Å². The van der Waals surface area contributed by atoms with Gasteiger partial charge in [0.05, 0.1) is 6.61 Å². The molecule has 4 nitrogen and oxygen atoms in total. The fourth-order valence-corrected chi connectivity index (χ4v) is 1.84. The van der Waals surface area contributed by atoms with Crippen LogP contribution in [0.25, 0.3) is 0 Å². The van der Waals surface area contributed by atoms with Crippen LogP contribution in [-0.4, -0.2) is 25.4 Å². The van der Waals surface area contributed by atoms with Crippen LogP contribution < -0.4 is 0 Å². The first-order valence-corrected chi connectivity index (χ1v) is 6.29. The van der Waals surface area contributed by atoms with E-state index >= 15 is 0 Å². The third kappa shape index (κ3) is 3.56. The number of rotatable bonds is 5. The SMILES string of the molecule is CCOC(=O)/C(=N\OC)c1ccccc1CBr. The second-order valence-corrected chi connectivity index (χ2v) is 3.69. The van der Waals surface area contributed by atoms with E-state index in [1.165, 1.54) is 7.11 Å². The average molecular weight is 300 g/mol. The first-order chi connectivity index (χ1) is 8.24. The maximum atomic E-state index is 11.8. The molecule has 1 aromatic carbocycles. The predicted molar refractivity (Wildman–Crippen MR) is 69.3 cm³/mol. The summed E-state index contributed by atoms with van der Waals surface area (Å²) < 4.78 is 4.95. The third-order valence-electron chi connectivity index (χ3n) is 2.07. The zero-order valence-corrected chi connectivity index (χ0v) is 11.4. The van der Waals surface area contributed by atoms with E-state index in [1.54, 1.807) is 6.92 Å². The summed E-state index contributed by atoms with van der Waals surface area (Å²) in [5.41, 5.74) is 1.85. The Bertz CT molecular complexity index is 418. The Morgan fingerprint density at radius 1 is 1.41 bits per heavy atom. The molecule has 0 saturated heterocycles. The second kappa shape index (κ2) is 7.06. The summed E-state index contributed by atoms with van der Waals surface area (Å²) in [6.45, 7) is 2.05. The maximum Gasteiger partial charge on any atom is 0.361 e. The molecule has 0 fully saturated rings. The van der Waals surface area contributed by atoms with Gasteiger partial charge in [0.1, 0.15) is 7.11 Å². The molecule has 0 aromatic heterocycles. The van der Waals surface area contributed by atoms with Gasteiger partial charge in [-0.25, -0.2) is 4.79 Å². The highest BCUT2D eigenvalue weighted by molar-refractivity contribution is 9.08. The molecule has 0 bridgehead atoms. The lowest BCUT2D eigenvalue weighted by atomic mass is 10.0. The molecule has 92 valence electrons. The first kappa shape index (κ1) is 13.7. The fourth-order valence-electron chi connectivity index (χ4n) is 1.35. The zero-order valence-electron chi connectivity index (χ0n) is 9.77. The van der Waals surface area contributed by atoms with Gasteiger partial charge < -0.3 is 9.57 Å². The van der Waals surface area contributed by atoms with Gasteiger partial charge in [0.15, 0.2) is 5.71 Å². The van der Waals surface area contributed by atoms with Crippen LogP contribution in [0.2, 0.25) is 0 Å². The summed E-state index contributed by atoms with van der Waals surface area (Å²) in [5.74, 6) is -0.484. The van der Waals surface area contributed by atoms with Crippen molar-refractivity contribution in [2.75, 3.05) is 13.7 Å². The van der Waals surface area contributed by atoms with Crippen molar-refractivity contribution in [1.82, 2.24) is 0 Å². The van der Waals surface area contributed by atoms with Crippen molar-refractivity contribution in [3.63, 3.8) is 0 Å². The number of carbonyl (C=O) groups is 1. The second-order valence-electron chi connectivity index (χ2n) is 3.13. The van der Waals surface area contributed by atoms with Gasteiger partial charge in [-0.1, -0.05) is 45.4 Å². The highest BCUT2D eigenvalue weighted by Crippen LogP contribution is 2.14. The number of carbonyl (C=O) groups excluding carboxylic acids is 1. The minimum absolute atomic E-state index is 0.185. The molecule has 0 amide bonds. The molecular weight excluding hydrogens is 286 g/mol. The van der Waals surface area contributed by atoms with Crippen LogP contribution in [0.3, 0.4) is 0 Å². The lowest BCUT2D eigenvalue weighted by molar-refractivity contribution is -0.135. The molecule has 0 atom stereocenters. The molecule has 0 heterocycles. The van der Waals surface area contributed by atoms with Crippen LogP contribution in [0.15, 0.2) is 29.4 Å². The number of ether oxygens (including phenoxy) is 1. The molecule has 17 heavy (non-hydrogen) atoms. The number of nitrogens with zero attached hydrogens (tertiary/aromatic N) is 1. The molecule has 0 unspecified atom stereocenters. The quantitative estimate of drug-likeness (QED) is 0.363. The lowest BCUT2D eigenvalue weighted by Crippen LogP contribution is -2.20. The Labute approximate surface area is 109 Å². The van der Waals surface area contributed by atoms with E-state index in [9.17, 15) is 4.79 Å². The van der Waals surface area contributed by atoms with Crippen molar-refractivity contribution in [3.8, 4) is 0 Å². The molecule has 5 heteroatoms. The van der Waals surface area contributed by atoms with Gasteiger partial charge in [-0.3, -0.25) is 0 Å². The molecule has 0 aliphatic rings. The van der Waals surface area contributed by atoms with E-state index in [0.29, 0.717) is 17.5 Å². The van der Waals surface area contributed by atoms with E-state index in [4.69, 9.17) is 9.57 Å². The summed E-state index contributed by atoms with van der Waals surface area (Å²) in [4.78, 5) is 16.5.